The van der Waals surface area contributed by atoms with Crippen molar-refractivity contribution in [2.75, 3.05) is 6.54 Å². The van der Waals surface area contributed by atoms with Gasteiger partial charge < -0.3 is 15.4 Å². The molecule has 0 aromatic carbocycles. The number of alkyl carbamates (subject to hydrolysis) is 1. The molecule has 1 unspecified atom stereocenters. The molecule has 0 radical (unpaired) electrons. The van der Waals surface area contributed by atoms with Crippen molar-refractivity contribution >= 4 is 6.09 Å². The van der Waals surface area contributed by atoms with Crippen LogP contribution in [0.2, 0.25) is 0 Å². The highest BCUT2D eigenvalue weighted by Gasteiger charge is 2.44. The standard InChI is InChI=1S/C14H26N2O2/c1-13(2,3)18-12(17)16-14(8-4-5-9-14)11-7-6-10-15-11/h11,15H,4-10H2,1-3H3,(H,16,17). The number of rotatable bonds is 2. The summed E-state index contributed by atoms with van der Waals surface area (Å²) in [6, 6.07) is 0.424. The number of amides is 1. The molecule has 1 aliphatic carbocycles. The fourth-order valence-electron chi connectivity index (χ4n) is 3.23. The minimum Gasteiger partial charge on any atom is -0.444 e. The lowest BCUT2D eigenvalue weighted by Crippen LogP contribution is -2.58. The quantitative estimate of drug-likeness (QED) is 0.796. The predicted octanol–water partition coefficient (Wildman–Crippen LogP) is 2.58. The van der Waals surface area contributed by atoms with Gasteiger partial charge in [0.25, 0.3) is 0 Å². The van der Waals surface area contributed by atoms with Crippen molar-refractivity contribution in [3.05, 3.63) is 0 Å². The summed E-state index contributed by atoms with van der Waals surface area (Å²) < 4.78 is 5.41. The summed E-state index contributed by atoms with van der Waals surface area (Å²) in [6.07, 6.45) is 6.66. The van der Waals surface area contributed by atoms with Crippen LogP contribution in [0, 0.1) is 0 Å². The van der Waals surface area contributed by atoms with Crippen molar-refractivity contribution in [2.45, 2.75) is 76.5 Å². The summed E-state index contributed by atoms with van der Waals surface area (Å²) in [5.74, 6) is 0. The first-order chi connectivity index (χ1) is 8.41. The molecule has 0 bridgehead atoms. The SMILES string of the molecule is CC(C)(C)OC(=O)NC1(C2CCCN2)CCCC1. The molecule has 1 aliphatic heterocycles. The summed E-state index contributed by atoms with van der Waals surface area (Å²) in [6.45, 7) is 6.79. The first kappa shape index (κ1) is 13.7. The van der Waals surface area contributed by atoms with Crippen molar-refractivity contribution in [2.24, 2.45) is 0 Å². The van der Waals surface area contributed by atoms with Crippen LogP contribution in [0.15, 0.2) is 0 Å². The Labute approximate surface area is 110 Å². The van der Waals surface area contributed by atoms with E-state index in [-0.39, 0.29) is 11.6 Å². The van der Waals surface area contributed by atoms with Crippen LogP contribution in [0.4, 0.5) is 4.79 Å². The van der Waals surface area contributed by atoms with Gasteiger partial charge in [0.05, 0.1) is 5.54 Å². The number of carbonyl (C=O) groups is 1. The Bertz CT molecular complexity index is 297. The van der Waals surface area contributed by atoms with Gasteiger partial charge in [0.1, 0.15) is 5.60 Å². The fourth-order valence-corrected chi connectivity index (χ4v) is 3.23. The van der Waals surface area contributed by atoms with Gasteiger partial charge >= 0.3 is 6.09 Å². The number of nitrogens with one attached hydrogen (secondary N) is 2. The highest BCUT2D eigenvalue weighted by Crippen LogP contribution is 2.36. The van der Waals surface area contributed by atoms with E-state index in [9.17, 15) is 4.79 Å². The molecule has 18 heavy (non-hydrogen) atoms. The third kappa shape index (κ3) is 3.16. The van der Waals surface area contributed by atoms with E-state index in [0.717, 1.165) is 25.8 Å². The van der Waals surface area contributed by atoms with Crippen molar-refractivity contribution in [1.29, 1.82) is 0 Å². The van der Waals surface area contributed by atoms with Crippen LogP contribution in [0.1, 0.15) is 59.3 Å². The molecule has 1 atom stereocenters. The summed E-state index contributed by atoms with van der Waals surface area (Å²) >= 11 is 0. The van der Waals surface area contributed by atoms with Crippen LogP contribution in [-0.4, -0.2) is 29.8 Å². The third-order valence-corrected chi connectivity index (χ3v) is 3.97. The van der Waals surface area contributed by atoms with Gasteiger partial charge in [0, 0.05) is 6.04 Å². The number of hydrogen-bond acceptors (Lipinski definition) is 3. The van der Waals surface area contributed by atoms with Gasteiger partial charge in [0.15, 0.2) is 0 Å². The second-order valence-corrected chi connectivity index (χ2v) is 6.64. The maximum atomic E-state index is 12.0. The molecule has 0 aromatic rings. The van der Waals surface area contributed by atoms with Gasteiger partial charge in [-0.15, -0.1) is 0 Å². The fraction of sp³-hybridized carbons (Fsp3) is 0.929. The molecule has 2 rings (SSSR count). The predicted molar refractivity (Wildman–Crippen MR) is 71.6 cm³/mol. The van der Waals surface area contributed by atoms with Gasteiger partial charge in [-0.1, -0.05) is 12.8 Å². The van der Waals surface area contributed by atoms with E-state index in [1.807, 2.05) is 20.8 Å². The largest absolute Gasteiger partial charge is 0.444 e. The Kier molecular flexibility index (Phi) is 3.85. The number of hydrogen-bond donors (Lipinski definition) is 2. The van der Waals surface area contributed by atoms with E-state index < -0.39 is 5.60 Å². The van der Waals surface area contributed by atoms with E-state index in [2.05, 4.69) is 10.6 Å². The van der Waals surface area contributed by atoms with Crippen molar-refractivity contribution in [1.82, 2.24) is 10.6 Å². The molecule has 1 saturated carbocycles. The first-order valence-electron chi connectivity index (χ1n) is 7.16. The lowest BCUT2D eigenvalue weighted by atomic mass is 9.87. The topological polar surface area (TPSA) is 50.4 Å². The molecule has 1 amide bonds. The zero-order valence-electron chi connectivity index (χ0n) is 11.8. The van der Waals surface area contributed by atoms with E-state index in [0.29, 0.717) is 6.04 Å². The average molecular weight is 254 g/mol. The normalized spacial score (nSPS) is 27.2. The molecule has 104 valence electrons. The monoisotopic (exact) mass is 254 g/mol. The number of carbonyl (C=O) groups excluding carboxylic acids is 1. The van der Waals surface area contributed by atoms with Crippen LogP contribution in [0.25, 0.3) is 0 Å². The highest BCUT2D eigenvalue weighted by molar-refractivity contribution is 5.69. The van der Waals surface area contributed by atoms with Crippen molar-refractivity contribution < 1.29 is 9.53 Å². The Morgan fingerprint density at radius 3 is 2.44 bits per heavy atom. The van der Waals surface area contributed by atoms with E-state index in [1.165, 1.54) is 19.3 Å². The number of ether oxygens (including phenoxy) is 1. The molecule has 2 aliphatic rings. The first-order valence-corrected chi connectivity index (χ1v) is 7.16. The molecule has 1 heterocycles. The van der Waals surface area contributed by atoms with Gasteiger partial charge in [0.2, 0.25) is 0 Å². The van der Waals surface area contributed by atoms with Crippen LogP contribution >= 0.6 is 0 Å². The Morgan fingerprint density at radius 2 is 1.94 bits per heavy atom. The molecule has 2 N–H and O–H groups in total. The lowest BCUT2D eigenvalue weighted by molar-refractivity contribution is 0.0432. The molecule has 4 heteroatoms. The summed E-state index contributed by atoms with van der Waals surface area (Å²) in [4.78, 5) is 12.0. The second-order valence-electron chi connectivity index (χ2n) is 6.64. The molecule has 1 saturated heterocycles. The highest BCUT2D eigenvalue weighted by atomic mass is 16.6. The van der Waals surface area contributed by atoms with E-state index in [1.54, 1.807) is 0 Å². The smallest absolute Gasteiger partial charge is 0.408 e. The zero-order chi connectivity index (χ0) is 13.2. The molecule has 4 nitrogen and oxygen atoms in total. The van der Waals surface area contributed by atoms with Crippen LogP contribution in [-0.2, 0) is 4.74 Å². The van der Waals surface area contributed by atoms with Crippen LogP contribution in [0.5, 0.6) is 0 Å². The molecular weight excluding hydrogens is 228 g/mol. The zero-order valence-corrected chi connectivity index (χ0v) is 11.8. The van der Waals surface area contributed by atoms with Crippen LogP contribution in [0.3, 0.4) is 0 Å². The van der Waals surface area contributed by atoms with Gasteiger partial charge in [-0.3, -0.25) is 0 Å². The van der Waals surface area contributed by atoms with Gasteiger partial charge in [-0.05, 0) is 53.0 Å². The Balaban J connectivity index is 2.00. The molecular formula is C14H26N2O2. The Morgan fingerprint density at radius 1 is 1.28 bits per heavy atom. The van der Waals surface area contributed by atoms with Crippen molar-refractivity contribution in [3.8, 4) is 0 Å². The van der Waals surface area contributed by atoms with E-state index >= 15 is 0 Å². The van der Waals surface area contributed by atoms with E-state index in [4.69, 9.17) is 4.74 Å². The lowest BCUT2D eigenvalue weighted by Gasteiger charge is -2.37. The third-order valence-electron chi connectivity index (χ3n) is 3.97. The van der Waals surface area contributed by atoms with Crippen LogP contribution < -0.4 is 10.6 Å². The van der Waals surface area contributed by atoms with Crippen molar-refractivity contribution in [3.63, 3.8) is 0 Å². The molecule has 0 spiro atoms. The molecule has 0 aromatic heterocycles. The Hall–Kier alpha value is -0.770. The summed E-state index contributed by atoms with van der Waals surface area (Å²) in [5.41, 5.74) is -0.494. The molecule has 2 fully saturated rings. The second kappa shape index (κ2) is 5.08. The maximum Gasteiger partial charge on any atom is 0.408 e. The minimum atomic E-state index is -0.424. The summed E-state index contributed by atoms with van der Waals surface area (Å²) in [7, 11) is 0. The average Bonchev–Trinajstić information content (AvgIpc) is 2.82. The van der Waals surface area contributed by atoms with Gasteiger partial charge in [-0.2, -0.15) is 0 Å². The maximum absolute atomic E-state index is 12.0. The minimum absolute atomic E-state index is 0.0706. The van der Waals surface area contributed by atoms with Gasteiger partial charge in [-0.25, -0.2) is 4.79 Å². The summed E-state index contributed by atoms with van der Waals surface area (Å²) in [5, 5.41) is 6.70.